The average molecular weight is 200 g/mol. The van der Waals surface area contributed by atoms with Gasteiger partial charge >= 0.3 is 0 Å². The Hall–Kier alpha value is -1.57. The van der Waals surface area contributed by atoms with Gasteiger partial charge in [0.05, 0.1) is 0 Å². The Balaban J connectivity index is 2.83. The number of nitrogens with zero attached hydrogens (tertiary/aromatic N) is 1. The molecular weight excluding hydrogens is 184 g/mol. The van der Waals surface area contributed by atoms with Gasteiger partial charge in [-0.3, -0.25) is 0 Å². The van der Waals surface area contributed by atoms with Crippen molar-refractivity contribution in [3.8, 4) is 0 Å². The molecule has 2 heteroatoms. The predicted molar refractivity (Wildman–Crippen MR) is 64.9 cm³/mol. The van der Waals surface area contributed by atoms with Crippen LogP contribution < -0.4 is 5.73 Å². The van der Waals surface area contributed by atoms with Gasteiger partial charge in [-0.2, -0.15) is 0 Å². The molecule has 0 bridgehead atoms. The molecule has 2 rings (SSSR count). The smallest absolute Gasteiger partial charge is 0.131 e. The van der Waals surface area contributed by atoms with Crippen molar-refractivity contribution in [2.75, 3.05) is 5.73 Å². The fourth-order valence-corrected chi connectivity index (χ4v) is 1.88. The molecule has 0 aliphatic carbocycles. The Kier molecular flexibility index (Phi) is 2.14. The molecule has 0 spiro atoms. The summed E-state index contributed by atoms with van der Waals surface area (Å²) in [6.07, 6.45) is 1.77. The van der Waals surface area contributed by atoms with Crippen LogP contribution in [0.5, 0.6) is 0 Å². The van der Waals surface area contributed by atoms with Crippen LogP contribution in [0.15, 0.2) is 30.5 Å². The van der Waals surface area contributed by atoms with Crippen LogP contribution in [-0.2, 0) is 5.41 Å². The van der Waals surface area contributed by atoms with Crippen molar-refractivity contribution >= 4 is 16.6 Å². The molecule has 0 saturated carbocycles. The summed E-state index contributed by atoms with van der Waals surface area (Å²) in [5.41, 5.74) is 7.30. The summed E-state index contributed by atoms with van der Waals surface area (Å²) < 4.78 is 0. The fourth-order valence-electron chi connectivity index (χ4n) is 1.88. The van der Waals surface area contributed by atoms with E-state index < -0.39 is 0 Å². The summed E-state index contributed by atoms with van der Waals surface area (Å²) in [6, 6.07) is 8.25. The van der Waals surface area contributed by atoms with Crippen molar-refractivity contribution < 1.29 is 0 Å². The molecule has 1 aromatic carbocycles. The first-order valence-electron chi connectivity index (χ1n) is 5.14. The monoisotopic (exact) mass is 200 g/mol. The van der Waals surface area contributed by atoms with Gasteiger partial charge in [0.25, 0.3) is 0 Å². The number of pyridine rings is 1. The number of fused-ring (bicyclic) bond motifs is 1. The van der Waals surface area contributed by atoms with Crippen LogP contribution in [0.2, 0.25) is 0 Å². The normalized spacial score (nSPS) is 11.9. The quantitative estimate of drug-likeness (QED) is 0.709. The lowest BCUT2D eigenvalue weighted by atomic mass is 9.84. The molecule has 0 unspecified atom stereocenters. The molecular formula is C13H16N2. The second kappa shape index (κ2) is 3.23. The zero-order valence-corrected chi connectivity index (χ0v) is 9.41. The maximum absolute atomic E-state index is 5.86. The first-order valence-corrected chi connectivity index (χ1v) is 5.14. The molecule has 0 radical (unpaired) electrons. The van der Waals surface area contributed by atoms with Crippen molar-refractivity contribution in [1.82, 2.24) is 4.98 Å². The second-order valence-corrected chi connectivity index (χ2v) is 4.85. The molecule has 0 amide bonds. The van der Waals surface area contributed by atoms with Gasteiger partial charge in [0.1, 0.15) is 5.82 Å². The fraction of sp³-hybridized carbons (Fsp3) is 0.308. The third-order valence-electron chi connectivity index (χ3n) is 2.64. The highest BCUT2D eigenvalue weighted by molar-refractivity contribution is 5.93. The van der Waals surface area contributed by atoms with Gasteiger partial charge in [-0.05, 0) is 22.4 Å². The van der Waals surface area contributed by atoms with Crippen LogP contribution in [-0.4, -0.2) is 4.98 Å². The first-order chi connectivity index (χ1) is 7.00. The largest absolute Gasteiger partial charge is 0.383 e. The van der Waals surface area contributed by atoms with E-state index in [1.165, 1.54) is 10.9 Å². The van der Waals surface area contributed by atoms with Gasteiger partial charge in [-0.1, -0.05) is 39.0 Å². The third-order valence-corrected chi connectivity index (χ3v) is 2.64. The highest BCUT2D eigenvalue weighted by Crippen LogP contribution is 2.31. The maximum atomic E-state index is 5.86. The summed E-state index contributed by atoms with van der Waals surface area (Å²) in [5, 5.41) is 2.25. The van der Waals surface area contributed by atoms with E-state index >= 15 is 0 Å². The highest BCUT2D eigenvalue weighted by Gasteiger charge is 2.16. The van der Waals surface area contributed by atoms with Crippen LogP contribution in [0.1, 0.15) is 26.3 Å². The second-order valence-electron chi connectivity index (χ2n) is 4.85. The van der Waals surface area contributed by atoms with Crippen LogP contribution >= 0.6 is 0 Å². The van der Waals surface area contributed by atoms with Gasteiger partial charge < -0.3 is 5.73 Å². The number of benzene rings is 1. The standard InChI is InChI=1S/C13H16N2/c1-13(2,3)11-6-4-5-10-9(11)7-8-15-12(10)14/h4-8H,1-3H3,(H2,14,15). The minimum Gasteiger partial charge on any atom is -0.383 e. The van der Waals surface area contributed by atoms with E-state index in [0.717, 1.165) is 5.39 Å². The zero-order chi connectivity index (χ0) is 11.1. The number of hydrogen-bond acceptors (Lipinski definition) is 2. The lowest BCUT2D eigenvalue weighted by Gasteiger charge is -2.21. The Labute approximate surface area is 90.1 Å². The number of nitrogens with two attached hydrogens (primary N) is 1. The summed E-state index contributed by atoms with van der Waals surface area (Å²) in [4.78, 5) is 4.11. The first kappa shape index (κ1) is 9.97. The van der Waals surface area contributed by atoms with Gasteiger partial charge in [0.15, 0.2) is 0 Å². The molecule has 0 saturated heterocycles. The number of hydrogen-bond donors (Lipinski definition) is 1. The van der Waals surface area contributed by atoms with E-state index in [4.69, 9.17) is 5.73 Å². The van der Waals surface area contributed by atoms with E-state index in [2.05, 4.69) is 31.8 Å². The van der Waals surface area contributed by atoms with Crippen molar-refractivity contribution in [2.24, 2.45) is 0 Å². The van der Waals surface area contributed by atoms with Crippen molar-refractivity contribution in [1.29, 1.82) is 0 Å². The molecule has 0 aliphatic rings. The molecule has 0 fully saturated rings. The van der Waals surface area contributed by atoms with E-state index in [9.17, 15) is 0 Å². The van der Waals surface area contributed by atoms with Crippen LogP contribution in [0, 0.1) is 0 Å². The van der Waals surface area contributed by atoms with Gasteiger partial charge in [-0.25, -0.2) is 4.98 Å². The Bertz CT molecular complexity index is 495. The van der Waals surface area contributed by atoms with E-state index in [1.54, 1.807) is 6.20 Å². The molecule has 15 heavy (non-hydrogen) atoms. The number of aromatic nitrogens is 1. The Morgan fingerprint density at radius 2 is 1.80 bits per heavy atom. The summed E-state index contributed by atoms with van der Waals surface area (Å²) in [5.74, 6) is 0.610. The molecule has 2 N–H and O–H groups in total. The van der Waals surface area contributed by atoms with Crippen LogP contribution in [0.25, 0.3) is 10.8 Å². The van der Waals surface area contributed by atoms with E-state index in [-0.39, 0.29) is 5.41 Å². The predicted octanol–water partition coefficient (Wildman–Crippen LogP) is 3.11. The van der Waals surface area contributed by atoms with Crippen molar-refractivity contribution in [3.05, 3.63) is 36.0 Å². The minimum atomic E-state index is 0.132. The van der Waals surface area contributed by atoms with E-state index in [0.29, 0.717) is 5.82 Å². The SMILES string of the molecule is CC(C)(C)c1cccc2c(N)nccc12. The molecule has 1 heterocycles. The summed E-state index contributed by atoms with van der Waals surface area (Å²) >= 11 is 0. The number of anilines is 1. The summed E-state index contributed by atoms with van der Waals surface area (Å²) in [6.45, 7) is 6.62. The molecule has 2 nitrogen and oxygen atoms in total. The highest BCUT2D eigenvalue weighted by atomic mass is 14.8. The Morgan fingerprint density at radius 3 is 2.47 bits per heavy atom. The van der Waals surface area contributed by atoms with E-state index in [1.807, 2.05) is 18.2 Å². The third kappa shape index (κ3) is 1.67. The molecule has 0 atom stereocenters. The minimum absolute atomic E-state index is 0.132. The summed E-state index contributed by atoms with van der Waals surface area (Å²) in [7, 11) is 0. The van der Waals surface area contributed by atoms with Crippen LogP contribution in [0.4, 0.5) is 5.82 Å². The van der Waals surface area contributed by atoms with Crippen molar-refractivity contribution in [2.45, 2.75) is 26.2 Å². The molecule has 1 aromatic heterocycles. The molecule has 78 valence electrons. The van der Waals surface area contributed by atoms with Gasteiger partial charge in [-0.15, -0.1) is 0 Å². The lowest BCUT2D eigenvalue weighted by molar-refractivity contribution is 0.596. The van der Waals surface area contributed by atoms with Gasteiger partial charge in [0.2, 0.25) is 0 Å². The maximum Gasteiger partial charge on any atom is 0.131 e. The number of nitrogen functional groups attached to an aromatic ring is 1. The number of rotatable bonds is 0. The lowest BCUT2D eigenvalue weighted by Crippen LogP contribution is -2.11. The average Bonchev–Trinajstić information content (AvgIpc) is 2.16. The van der Waals surface area contributed by atoms with Crippen molar-refractivity contribution in [3.63, 3.8) is 0 Å². The molecule has 0 aliphatic heterocycles. The van der Waals surface area contributed by atoms with Gasteiger partial charge in [0, 0.05) is 11.6 Å². The Morgan fingerprint density at radius 1 is 1.07 bits per heavy atom. The van der Waals surface area contributed by atoms with Crippen LogP contribution in [0.3, 0.4) is 0 Å². The zero-order valence-electron chi connectivity index (χ0n) is 9.41. The topological polar surface area (TPSA) is 38.9 Å². The molecule has 2 aromatic rings.